The van der Waals surface area contributed by atoms with Gasteiger partial charge in [0.05, 0.1) is 30.3 Å². The number of thiazole rings is 1. The fourth-order valence-corrected chi connectivity index (χ4v) is 3.66. The molecule has 2 heterocycles. The van der Waals surface area contributed by atoms with Gasteiger partial charge in [0.2, 0.25) is 0 Å². The highest BCUT2D eigenvalue weighted by molar-refractivity contribution is 7.15. The molecular weight excluding hydrogens is 387 g/mol. The molecule has 0 aliphatic carbocycles. The Morgan fingerprint density at radius 1 is 1.19 bits per heavy atom. The van der Waals surface area contributed by atoms with Crippen molar-refractivity contribution in [3.05, 3.63) is 86.1 Å². The number of hydrogen-bond donors (Lipinski definition) is 1. The van der Waals surface area contributed by atoms with Crippen molar-refractivity contribution in [3.8, 4) is 0 Å². The van der Waals surface area contributed by atoms with Gasteiger partial charge in [0.15, 0.2) is 4.47 Å². The largest absolute Gasteiger partial charge is 0.380 e. The number of nitrogens with zero attached hydrogens (tertiary/aromatic N) is 3. The maximum absolute atomic E-state index is 13.8. The SMILES string of the molecule is O=c1c2ccc(NCc3cnc(Cl)s3)cc2ncn1Cc1ccccc1F. The van der Waals surface area contributed by atoms with Gasteiger partial charge in [-0.15, -0.1) is 11.3 Å². The second kappa shape index (κ2) is 7.46. The number of anilines is 1. The van der Waals surface area contributed by atoms with E-state index in [2.05, 4.69) is 15.3 Å². The quantitative estimate of drug-likeness (QED) is 0.542. The lowest BCUT2D eigenvalue weighted by Crippen LogP contribution is -2.21. The van der Waals surface area contributed by atoms with Gasteiger partial charge in [0.1, 0.15) is 5.82 Å². The molecule has 5 nitrogen and oxygen atoms in total. The van der Waals surface area contributed by atoms with Crippen LogP contribution in [-0.2, 0) is 13.1 Å². The molecule has 2 aromatic carbocycles. The van der Waals surface area contributed by atoms with Crippen molar-refractivity contribution in [1.82, 2.24) is 14.5 Å². The summed E-state index contributed by atoms with van der Waals surface area (Å²) in [6.07, 6.45) is 3.17. The molecule has 136 valence electrons. The Hall–Kier alpha value is -2.77. The summed E-state index contributed by atoms with van der Waals surface area (Å²) in [5.41, 5.74) is 1.66. The van der Waals surface area contributed by atoms with Crippen molar-refractivity contribution in [1.29, 1.82) is 0 Å². The molecule has 0 radical (unpaired) electrons. The summed E-state index contributed by atoms with van der Waals surface area (Å²) in [5, 5.41) is 3.75. The molecule has 0 spiro atoms. The predicted molar refractivity (Wildman–Crippen MR) is 106 cm³/mol. The van der Waals surface area contributed by atoms with Crippen LogP contribution in [0.25, 0.3) is 10.9 Å². The van der Waals surface area contributed by atoms with Crippen LogP contribution in [-0.4, -0.2) is 14.5 Å². The number of rotatable bonds is 5. The van der Waals surface area contributed by atoms with Gasteiger partial charge in [-0.2, -0.15) is 0 Å². The highest BCUT2D eigenvalue weighted by Gasteiger charge is 2.08. The summed E-state index contributed by atoms with van der Waals surface area (Å²) >= 11 is 7.24. The first-order valence-electron chi connectivity index (χ1n) is 8.17. The van der Waals surface area contributed by atoms with Gasteiger partial charge in [-0.3, -0.25) is 9.36 Å². The van der Waals surface area contributed by atoms with E-state index < -0.39 is 0 Å². The molecule has 0 unspecified atom stereocenters. The number of benzene rings is 2. The van der Waals surface area contributed by atoms with Crippen molar-refractivity contribution in [3.63, 3.8) is 0 Å². The Morgan fingerprint density at radius 3 is 2.81 bits per heavy atom. The highest BCUT2D eigenvalue weighted by atomic mass is 35.5. The van der Waals surface area contributed by atoms with Crippen molar-refractivity contribution < 1.29 is 4.39 Å². The zero-order chi connectivity index (χ0) is 18.8. The zero-order valence-electron chi connectivity index (χ0n) is 14.0. The van der Waals surface area contributed by atoms with Crippen LogP contribution in [0.15, 0.2) is 59.8 Å². The summed E-state index contributed by atoms with van der Waals surface area (Å²) in [6.45, 7) is 0.723. The molecular formula is C19H14ClFN4OS. The van der Waals surface area contributed by atoms with E-state index in [1.165, 1.54) is 28.3 Å². The average Bonchev–Trinajstić information content (AvgIpc) is 3.09. The fourth-order valence-electron chi connectivity index (χ4n) is 2.75. The molecule has 0 fully saturated rings. The van der Waals surface area contributed by atoms with Crippen LogP contribution in [0.3, 0.4) is 0 Å². The maximum atomic E-state index is 13.8. The average molecular weight is 401 g/mol. The van der Waals surface area contributed by atoms with Gasteiger partial charge in [-0.25, -0.2) is 14.4 Å². The van der Waals surface area contributed by atoms with E-state index in [0.29, 0.717) is 27.5 Å². The molecule has 0 amide bonds. The molecule has 27 heavy (non-hydrogen) atoms. The molecule has 0 bridgehead atoms. The maximum Gasteiger partial charge on any atom is 0.261 e. The van der Waals surface area contributed by atoms with Crippen LogP contribution in [0, 0.1) is 5.82 Å². The van der Waals surface area contributed by atoms with Gasteiger partial charge in [0, 0.05) is 22.3 Å². The lowest BCUT2D eigenvalue weighted by molar-refractivity contribution is 0.595. The van der Waals surface area contributed by atoms with Crippen LogP contribution in [0.2, 0.25) is 4.47 Å². The molecule has 0 atom stereocenters. The molecule has 0 aliphatic rings. The van der Waals surface area contributed by atoms with E-state index in [9.17, 15) is 9.18 Å². The molecule has 4 rings (SSSR count). The van der Waals surface area contributed by atoms with Gasteiger partial charge >= 0.3 is 0 Å². The Labute approximate surface area is 163 Å². The topological polar surface area (TPSA) is 59.8 Å². The van der Waals surface area contributed by atoms with Crippen molar-refractivity contribution in [2.24, 2.45) is 0 Å². The molecule has 0 saturated heterocycles. The Balaban J connectivity index is 1.58. The second-order valence-corrected chi connectivity index (χ2v) is 7.63. The molecule has 2 aromatic heterocycles. The first-order valence-corrected chi connectivity index (χ1v) is 9.36. The van der Waals surface area contributed by atoms with Crippen LogP contribution in [0.1, 0.15) is 10.4 Å². The number of halogens is 2. The van der Waals surface area contributed by atoms with E-state index in [4.69, 9.17) is 11.6 Å². The molecule has 4 aromatic rings. The smallest absolute Gasteiger partial charge is 0.261 e. The van der Waals surface area contributed by atoms with Gasteiger partial charge in [-0.05, 0) is 24.3 Å². The summed E-state index contributed by atoms with van der Waals surface area (Å²) in [7, 11) is 0. The van der Waals surface area contributed by atoms with Crippen LogP contribution in [0.4, 0.5) is 10.1 Å². The Bertz CT molecular complexity index is 1170. The zero-order valence-corrected chi connectivity index (χ0v) is 15.6. The standard InChI is InChI=1S/C19H14ClFN4OS/c20-19-23-9-14(27-19)8-22-13-5-6-15-17(7-13)24-11-25(18(15)26)10-12-3-1-2-4-16(12)21/h1-7,9,11,22H,8,10H2. The molecule has 8 heteroatoms. The number of nitrogens with one attached hydrogen (secondary N) is 1. The highest BCUT2D eigenvalue weighted by Crippen LogP contribution is 2.20. The van der Waals surface area contributed by atoms with E-state index in [1.807, 2.05) is 12.1 Å². The summed E-state index contributed by atoms with van der Waals surface area (Å²) in [6, 6.07) is 11.8. The third kappa shape index (κ3) is 3.84. The molecule has 0 saturated carbocycles. The van der Waals surface area contributed by atoms with E-state index in [1.54, 1.807) is 30.5 Å². The molecule has 1 N–H and O–H groups in total. The van der Waals surface area contributed by atoms with Crippen LogP contribution < -0.4 is 10.9 Å². The van der Waals surface area contributed by atoms with Gasteiger partial charge < -0.3 is 5.32 Å². The number of aromatic nitrogens is 3. The van der Waals surface area contributed by atoms with Crippen molar-refractivity contribution in [2.75, 3.05) is 5.32 Å². The first-order chi connectivity index (χ1) is 13.1. The van der Waals surface area contributed by atoms with E-state index >= 15 is 0 Å². The fraction of sp³-hybridized carbons (Fsp3) is 0.105. The third-order valence-electron chi connectivity index (χ3n) is 4.12. The lowest BCUT2D eigenvalue weighted by Gasteiger charge is -2.09. The Morgan fingerprint density at radius 2 is 2.04 bits per heavy atom. The van der Waals surface area contributed by atoms with E-state index in [0.717, 1.165) is 10.6 Å². The van der Waals surface area contributed by atoms with Gasteiger partial charge in [0.25, 0.3) is 5.56 Å². The van der Waals surface area contributed by atoms with Crippen LogP contribution >= 0.6 is 22.9 Å². The summed E-state index contributed by atoms with van der Waals surface area (Å²) < 4.78 is 15.8. The predicted octanol–water partition coefficient (Wildman–Crippen LogP) is 4.31. The monoisotopic (exact) mass is 400 g/mol. The Kier molecular flexibility index (Phi) is 4.87. The summed E-state index contributed by atoms with van der Waals surface area (Å²) in [5.74, 6) is -0.341. The van der Waals surface area contributed by atoms with Gasteiger partial charge in [-0.1, -0.05) is 29.8 Å². The third-order valence-corrected chi connectivity index (χ3v) is 5.23. The molecule has 0 aliphatic heterocycles. The second-order valence-electron chi connectivity index (χ2n) is 5.93. The minimum Gasteiger partial charge on any atom is -0.380 e. The summed E-state index contributed by atoms with van der Waals surface area (Å²) in [4.78, 5) is 22.1. The first kappa shape index (κ1) is 17.6. The normalized spacial score (nSPS) is 11.0. The van der Waals surface area contributed by atoms with E-state index in [-0.39, 0.29) is 17.9 Å². The minimum absolute atomic E-state index is 0.139. The van der Waals surface area contributed by atoms with Crippen molar-refractivity contribution in [2.45, 2.75) is 13.1 Å². The van der Waals surface area contributed by atoms with Crippen molar-refractivity contribution >= 4 is 39.5 Å². The minimum atomic E-state index is -0.341. The number of hydrogen-bond acceptors (Lipinski definition) is 5. The van der Waals surface area contributed by atoms with Crippen LogP contribution in [0.5, 0.6) is 0 Å². The number of fused-ring (bicyclic) bond motifs is 1. The lowest BCUT2D eigenvalue weighted by atomic mass is 10.2.